The molecule has 0 aliphatic carbocycles. The highest BCUT2D eigenvalue weighted by atomic mass is 16.1. The average molecular weight is 355 g/mol. The SMILES string of the molecule is C=C(C)CCNCc1ccc(-c2ccc(C(=O)c3ccccc3)cc2)cc1. The standard InChI is InChI=1S/C25H25NO/c1-19(2)16-17-26-18-20-8-10-21(11-9-20)22-12-14-24(15-13-22)25(27)23-6-4-3-5-7-23/h3-15,26H,1,16-18H2,2H3. The summed E-state index contributed by atoms with van der Waals surface area (Å²) < 4.78 is 0. The van der Waals surface area contributed by atoms with Gasteiger partial charge in [-0.2, -0.15) is 0 Å². The van der Waals surface area contributed by atoms with Gasteiger partial charge in [0.05, 0.1) is 0 Å². The molecule has 0 aliphatic rings. The molecule has 0 heterocycles. The predicted octanol–water partition coefficient (Wildman–Crippen LogP) is 5.64. The Hall–Kier alpha value is -2.97. The van der Waals surface area contributed by atoms with Crippen molar-refractivity contribution in [1.29, 1.82) is 0 Å². The van der Waals surface area contributed by atoms with Gasteiger partial charge in [0.1, 0.15) is 0 Å². The highest BCUT2D eigenvalue weighted by Crippen LogP contribution is 2.21. The molecule has 136 valence electrons. The van der Waals surface area contributed by atoms with Crippen molar-refractivity contribution < 1.29 is 4.79 Å². The van der Waals surface area contributed by atoms with E-state index in [1.165, 1.54) is 11.1 Å². The Kier molecular flexibility index (Phi) is 6.35. The van der Waals surface area contributed by atoms with E-state index >= 15 is 0 Å². The van der Waals surface area contributed by atoms with Crippen molar-refractivity contribution in [3.8, 4) is 11.1 Å². The highest BCUT2D eigenvalue weighted by Gasteiger charge is 2.08. The Morgan fingerprint density at radius 3 is 1.96 bits per heavy atom. The summed E-state index contributed by atoms with van der Waals surface area (Å²) in [5.74, 6) is 0.0540. The normalized spacial score (nSPS) is 10.6. The number of hydrogen-bond donors (Lipinski definition) is 1. The second-order valence-electron chi connectivity index (χ2n) is 6.85. The van der Waals surface area contributed by atoms with E-state index in [9.17, 15) is 4.79 Å². The molecule has 0 aromatic heterocycles. The molecule has 0 unspecified atom stereocenters. The van der Waals surface area contributed by atoms with Crippen LogP contribution in [0.5, 0.6) is 0 Å². The van der Waals surface area contributed by atoms with Gasteiger partial charge in [-0.1, -0.05) is 84.4 Å². The van der Waals surface area contributed by atoms with Gasteiger partial charge in [-0.15, -0.1) is 6.58 Å². The molecule has 0 atom stereocenters. The van der Waals surface area contributed by atoms with E-state index in [0.29, 0.717) is 11.1 Å². The molecule has 0 saturated carbocycles. The molecule has 0 aliphatic heterocycles. The Morgan fingerprint density at radius 2 is 1.37 bits per heavy atom. The maximum absolute atomic E-state index is 12.5. The monoisotopic (exact) mass is 355 g/mol. The lowest BCUT2D eigenvalue weighted by Gasteiger charge is -2.07. The van der Waals surface area contributed by atoms with E-state index in [1.807, 2.05) is 54.6 Å². The lowest BCUT2D eigenvalue weighted by molar-refractivity contribution is 0.103. The zero-order chi connectivity index (χ0) is 19.1. The number of carbonyl (C=O) groups is 1. The molecule has 0 amide bonds. The molecule has 3 rings (SSSR count). The highest BCUT2D eigenvalue weighted by molar-refractivity contribution is 6.09. The predicted molar refractivity (Wildman–Crippen MR) is 113 cm³/mol. The van der Waals surface area contributed by atoms with Crippen LogP contribution in [0.3, 0.4) is 0 Å². The summed E-state index contributed by atoms with van der Waals surface area (Å²) in [7, 11) is 0. The Labute approximate surface area is 161 Å². The lowest BCUT2D eigenvalue weighted by Crippen LogP contribution is -2.14. The maximum Gasteiger partial charge on any atom is 0.193 e. The number of hydrogen-bond acceptors (Lipinski definition) is 2. The number of rotatable bonds is 8. The summed E-state index contributed by atoms with van der Waals surface area (Å²) in [6, 6.07) is 25.7. The van der Waals surface area contributed by atoms with Gasteiger partial charge in [0.15, 0.2) is 5.78 Å². The largest absolute Gasteiger partial charge is 0.312 e. The molecule has 3 aromatic carbocycles. The van der Waals surface area contributed by atoms with Crippen molar-refractivity contribution in [1.82, 2.24) is 5.32 Å². The first-order chi connectivity index (χ1) is 13.1. The molecular formula is C25H25NO. The van der Waals surface area contributed by atoms with E-state index in [4.69, 9.17) is 0 Å². The van der Waals surface area contributed by atoms with Crippen molar-refractivity contribution >= 4 is 5.78 Å². The lowest BCUT2D eigenvalue weighted by atomic mass is 9.99. The summed E-state index contributed by atoms with van der Waals surface area (Å²) in [5.41, 5.74) is 6.15. The summed E-state index contributed by atoms with van der Waals surface area (Å²) >= 11 is 0. The van der Waals surface area contributed by atoms with Crippen LogP contribution in [0.25, 0.3) is 11.1 Å². The zero-order valence-corrected chi connectivity index (χ0v) is 15.7. The fourth-order valence-electron chi connectivity index (χ4n) is 2.92. The van der Waals surface area contributed by atoms with Crippen LogP contribution in [0.1, 0.15) is 34.8 Å². The van der Waals surface area contributed by atoms with E-state index in [2.05, 4.69) is 43.1 Å². The second kappa shape index (κ2) is 9.11. The molecule has 0 bridgehead atoms. The number of carbonyl (C=O) groups excluding carboxylic acids is 1. The van der Waals surface area contributed by atoms with Gasteiger partial charge in [-0.3, -0.25) is 4.79 Å². The van der Waals surface area contributed by atoms with Gasteiger partial charge in [0.2, 0.25) is 0 Å². The van der Waals surface area contributed by atoms with Crippen LogP contribution >= 0.6 is 0 Å². The van der Waals surface area contributed by atoms with Crippen molar-refractivity contribution in [2.45, 2.75) is 19.9 Å². The van der Waals surface area contributed by atoms with Crippen molar-refractivity contribution in [2.75, 3.05) is 6.54 Å². The van der Waals surface area contributed by atoms with Gasteiger partial charge >= 0.3 is 0 Å². The van der Waals surface area contributed by atoms with Crippen LogP contribution in [-0.4, -0.2) is 12.3 Å². The molecule has 0 fully saturated rings. The summed E-state index contributed by atoms with van der Waals surface area (Å²) in [5, 5.41) is 3.43. The zero-order valence-electron chi connectivity index (χ0n) is 15.7. The third-order valence-electron chi connectivity index (χ3n) is 4.53. The third-order valence-corrected chi connectivity index (χ3v) is 4.53. The molecule has 2 heteroatoms. The Balaban J connectivity index is 1.63. The fraction of sp³-hybridized carbons (Fsp3) is 0.160. The maximum atomic E-state index is 12.5. The number of benzene rings is 3. The van der Waals surface area contributed by atoms with Gasteiger partial charge in [-0.25, -0.2) is 0 Å². The van der Waals surface area contributed by atoms with Crippen LogP contribution in [0.2, 0.25) is 0 Å². The quantitative estimate of drug-likeness (QED) is 0.322. The summed E-state index contributed by atoms with van der Waals surface area (Å²) in [4.78, 5) is 12.5. The van der Waals surface area contributed by atoms with Crippen LogP contribution in [0.15, 0.2) is 91.0 Å². The molecule has 0 spiro atoms. The molecule has 3 aromatic rings. The van der Waals surface area contributed by atoms with Crippen molar-refractivity contribution in [3.63, 3.8) is 0 Å². The van der Waals surface area contributed by atoms with E-state index in [0.717, 1.165) is 30.6 Å². The van der Waals surface area contributed by atoms with Gasteiger partial charge < -0.3 is 5.32 Å². The van der Waals surface area contributed by atoms with Gasteiger partial charge in [0.25, 0.3) is 0 Å². The van der Waals surface area contributed by atoms with Crippen LogP contribution < -0.4 is 5.32 Å². The molecule has 2 nitrogen and oxygen atoms in total. The first kappa shape index (κ1) is 18.8. The molecule has 1 N–H and O–H groups in total. The molecule has 0 saturated heterocycles. The Morgan fingerprint density at radius 1 is 0.815 bits per heavy atom. The van der Waals surface area contributed by atoms with Crippen molar-refractivity contribution in [3.05, 3.63) is 108 Å². The fourth-order valence-corrected chi connectivity index (χ4v) is 2.92. The topological polar surface area (TPSA) is 29.1 Å². The van der Waals surface area contributed by atoms with Gasteiger partial charge in [0, 0.05) is 17.7 Å². The van der Waals surface area contributed by atoms with Gasteiger partial charge in [-0.05, 0) is 36.6 Å². The first-order valence-electron chi connectivity index (χ1n) is 9.28. The van der Waals surface area contributed by atoms with E-state index < -0.39 is 0 Å². The average Bonchev–Trinajstić information content (AvgIpc) is 2.72. The molecular weight excluding hydrogens is 330 g/mol. The van der Waals surface area contributed by atoms with Crippen molar-refractivity contribution in [2.24, 2.45) is 0 Å². The minimum atomic E-state index is 0.0540. The second-order valence-corrected chi connectivity index (χ2v) is 6.85. The van der Waals surface area contributed by atoms with Crippen LogP contribution in [-0.2, 0) is 6.54 Å². The summed E-state index contributed by atoms with van der Waals surface area (Å²) in [6.45, 7) is 7.78. The Bertz CT molecular complexity index is 893. The van der Waals surface area contributed by atoms with Crippen LogP contribution in [0, 0.1) is 0 Å². The minimum Gasteiger partial charge on any atom is -0.312 e. The van der Waals surface area contributed by atoms with Crippen LogP contribution in [0.4, 0.5) is 0 Å². The number of nitrogens with one attached hydrogen (secondary N) is 1. The smallest absolute Gasteiger partial charge is 0.193 e. The summed E-state index contributed by atoms with van der Waals surface area (Å²) in [6.07, 6.45) is 1.01. The number of ketones is 1. The van der Waals surface area contributed by atoms with E-state index in [1.54, 1.807) is 0 Å². The molecule has 27 heavy (non-hydrogen) atoms. The van der Waals surface area contributed by atoms with E-state index in [-0.39, 0.29) is 5.78 Å². The first-order valence-corrected chi connectivity index (χ1v) is 9.28. The molecule has 0 radical (unpaired) electrons. The minimum absolute atomic E-state index is 0.0540. The third kappa shape index (κ3) is 5.25.